The van der Waals surface area contributed by atoms with E-state index in [0.29, 0.717) is 5.92 Å². The predicted molar refractivity (Wildman–Crippen MR) is 104 cm³/mol. The van der Waals surface area contributed by atoms with Crippen LogP contribution in [0.5, 0.6) is 0 Å². The topological polar surface area (TPSA) is 71.5 Å². The molecule has 142 valence electrons. The molecule has 0 unspecified atom stereocenters. The van der Waals surface area contributed by atoms with Crippen LogP contribution in [-0.2, 0) is 19.9 Å². The maximum absolute atomic E-state index is 9.69. The molecule has 0 spiro atoms. The zero-order valence-electron chi connectivity index (χ0n) is 15.8. The average Bonchev–Trinajstić information content (AvgIpc) is 3.31. The van der Waals surface area contributed by atoms with E-state index in [1.165, 1.54) is 29.9 Å². The van der Waals surface area contributed by atoms with E-state index in [1.54, 1.807) is 6.20 Å². The average molecular weight is 366 g/mol. The standard InChI is InChI=1S/C20H26N6O/c1-24-10-8-21-19(24)17-11-18-22-16-7-3-2-6-15(16)20(26(18)23-17)25-9-4-5-14(12-25)13-27/h8,10-11,14,27H,2-7,9,12-13H2,1H3/t14-/m0/s1. The molecule has 1 aliphatic carbocycles. The van der Waals surface area contributed by atoms with Crippen LogP contribution in [0.1, 0.15) is 36.9 Å². The van der Waals surface area contributed by atoms with E-state index < -0.39 is 0 Å². The van der Waals surface area contributed by atoms with Crippen molar-refractivity contribution in [2.45, 2.75) is 38.5 Å². The van der Waals surface area contributed by atoms with Gasteiger partial charge in [-0.3, -0.25) is 0 Å². The van der Waals surface area contributed by atoms with Crippen LogP contribution >= 0.6 is 0 Å². The van der Waals surface area contributed by atoms with Crippen LogP contribution < -0.4 is 4.90 Å². The molecule has 3 aromatic rings. The smallest absolute Gasteiger partial charge is 0.160 e. The Morgan fingerprint density at radius 2 is 2.11 bits per heavy atom. The van der Waals surface area contributed by atoms with Crippen LogP contribution in [0.25, 0.3) is 17.2 Å². The second-order valence-corrected chi connectivity index (χ2v) is 7.87. The number of aliphatic hydroxyl groups is 1. The van der Waals surface area contributed by atoms with E-state index in [-0.39, 0.29) is 6.61 Å². The Kier molecular flexibility index (Phi) is 4.11. The molecule has 0 bridgehead atoms. The number of nitrogens with zero attached hydrogens (tertiary/aromatic N) is 6. The molecule has 1 saturated heterocycles. The molecule has 7 heteroatoms. The lowest BCUT2D eigenvalue weighted by Crippen LogP contribution is -2.39. The zero-order chi connectivity index (χ0) is 18.4. The summed E-state index contributed by atoms with van der Waals surface area (Å²) in [5.74, 6) is 2.38. The number of piperidine rings is 1. The van der Waals surface area contributed by atoms with Gasteiger partial charge in [-0.05, 0) is 44.4 Å². The first kappa shape index (κ1) is 16.7. The van der Waals surface area contributed by atoms with Crippen molar-refractivity contribution >= 4 is 11.5 Å². The summed E-state index contributed by atoms with van der Waals surface area (Å²) in [6.07, 6.45) is 10.5. The molecule has 0 radical (unpaired) electrons. The van der Waals surface area contributed by atoms with Gasteiger partial charge in [-0.2, -0.15) is 9.61 Å². The molecule has 1 N–H and O–H groups in total. The molecule has 2 aliphatic rings. The third-order valence-corrected chi connectivity index (χ3v) is 5.98. The highest BCUT2D eigenvalue weighted by molar-refractivity contribution is 5.64. The molecule has 7 nitrogen and oxygen atoms in total. The Morgan fingerprint density at radius 3 is 2.93 bits per heavy atom. The van der Waals surface area contributed by atoms with Crippen LogP contribution in [0, 0.1) is 5.92 Å². The summed E-state index contributed by atoms with van der Waals surface area (Å²) < 4.78 is 4.01. The van der Waals surface area contributed by atoms with E-state index in [4.69, 9.17) is 10.1 Å². The molecule has 0 aromatic carbocycles. The van der Waals surface area contributed by atoms with Gasteiger partial charge >= 0.3 is 0 Å². The number of imidazole rings is 1. The summed E-state index contributed by atoms with van der Waals surface area (Å²) in [6, 6.07) is 2.05. The van der Waals surface area contributed by atoms with Gasteiger partial charge in [0.15, 0.2) is 11.5 Å². The monoisotopic (exact) mass is 366 g/mol. The number of aliphatic hydroxyl groups excluding tert-OH is 1. The van der Waals surface area contributed by atoms with Gasteiger partial charge in [0.1, 0.15) is 11.5 Å². The molecule has 1 fully saturated rings. The fourth-order valence-corrected chi connectivity index (χ4v) is 4.58. The van der Waals surface area contributed by atoms with Crippen molar-refractivity contribution in [3.63, 3.8) is 0 Å². The summed E-state index contributed by atoms with van der Waals surface area (Å²) >= 11 is 0. The van der Waals surface area contributed by atoms with Crippen molar-refractivity contribution in [3.05, 3.63) is 29.7 Å². The van der Waals surface area contributed by atoms with Crippen molar-refractivity contribution in [1.29, 1.82) is 0 Å². The van der Waals surface area contributed by atoms with E-state index in [2.05, 4.69) is 9.88 Å². The summed E-state index contributed by atoms with van der Waals surface area (Å²) in [4.78, 5) is 11.8. The van der Waals surface area contributed by atoms with Crippen LogP contribution in [0.3, 0.4) is 0 Å². The normalized spacial score (nSPS) is 20.2. The van der Waals surface area contributed by atoms with Crippen LogP contribution in [-0.4, -0.2) is 49.0 Å². The largest absolute Gasteiger partial charge is 0.396 e. The number of hydrogen-bond donors (Lipinski definition) is 1. The number of anilines is 1. The highest BCUT2D eigenvalue weighted by Gasteiger charge is 2.28. The number of aromatic nitrogens is 5. The molecule has 4 heterocycles. The van der Waals surface area contributed by atoms with Crippen LogP contribution in [0.2, 0.25) is 0 Å². The lowest BCUT2D eigenvalue weighted by atomic mass is 9.94. The Labute approximate surface area is 158 Å². The second kappa shape index (κ2) is 6.64. The molecular formula is C20H26N6O. The maximum atomic E-state index is 9.69. The second-order valence-electron chi connectivity index (χ2n) is 7.87. The summed E-state index contributed by atoms with van der Waals surface area (Å²) in [5, 5.41) is 14.6. The first-order chi connectivity index (χ1) is 13.2. The molecular weight excluding hydrogens is 340 g/mol. The highest BCUT2D eigenvalue weighted by atomic mass is 16.3. The first-order valence-electron chi connectivity index (χ1n) is 9.99. The van der Waals surface area contributed by atoms with Crippen molar-refractivity contribution in [1.82, 2.24) is 24.1 Å². The van der Waals surface area contributed by atoms with Gasteiger partial charge < -0.3 is 14.6 Å². The van der Waals surface area contributed by atoms with E-state index in [0.717, 1.165) is 55.9 Å². The number of fused-ring (bicyclic) bond motifs is 2. The summed E-state index contributed by atoms with van der Waals surface area (Å²) in [6.45, 7) is 2.16. The molecule has 1 atom stereocenters. The Hall–Kier alpha value is -2.41. The zero-order valence-corrected chi connectivity index (χ0v) is 15.8. The number of aryl methyl sites for hydroxylation is 2. The minimum absolute atomic E-state index is 0.255. The fourth-order valence-electron chi connectivity index (χ4n) is 4.58. The van der Waals surface area contributed by atoms with Crippen molar-refractivity contribution in [3.8, 4) is 11.5 Å². The molecule has 0 saturated carbocycles. The van der Waals surface area contributed by atoms with Gasteiger partial charge in [0.05, 0.1) is 0 Å². The van der Waals surface area contributed by atoms with Gasteiger partial charge in [-0.1, -0.05) is 0 Å². The summed E-state index contributed by atoms with van der Waals surface area (Å²) in [5.41, 5.74) is 4.33. The third kappa shape index (κ3) is 2.81. The molecule has 0 amide bonds. The Balaban J connectivity index is 1.69. The van der Waals surface area contributed by atoms with Crippen molar-refractivity contribution in [2.75, 3.05) is 24.6 Å². The lowest BCUT2D eigenvalue weighted by Gasteiger charge is -2.35. The van der Waals surface area contributed by atoms with E-state index in [9.17, 15) is 5.11 Å². The maximum Gasteiger partial charge on any atom is 0.160 e. The molecule has 1 aliphatic heterocycles. The Bertz CT molecular complexity index is 974. The quantitative estimate of drug-likeness (QED) is 0.770. The van der Waals surface area contributed by atoms with Gasteiger partial charge in [-0.25, -0.2) is 9.97 Å². The van der Waals surface area contributed by atoms with Gasteiger partial charge in [0.2, 0.25) is 0 Å². The van der Waals surface area contributed by atoms with Crippen molar-refractivity contribution in [2.24, 2.45) is 13.0 Å². The van der Waals surface area contributed by atoms with Crippen LogP contribution in [0.4, 0.5) is 5.82 Å². The lowest BCUT2D eigenvalue weighted by molar-refractivity contribution is 0.208. The van der Waals surface area contributed by atoms with E-state index >= 15 is 0 Å². The molecule has 3 aromatic heterocycles. The predicted octanol–water partition coefficient (Wildman–Crippen LogP) is 2.22. The number of rotatable bonds is 3. The van der Waals surface area contributed by atoms with Crippen LogP contribution in [0.15, 0.2) is 18.5 Å². The SMILES string of the molecule is Cn1ccnc1-c1cc2nc3c(c(N4CCC[C@H](CO)C4)n2n1)CCCC3. The van der Waals surface area contributed by atoms with Gasteiger partial charge in [0.25, 0.3) is 0 Å². The van der Waals surface area contributed by atoms with Gasteiger partial charge in [0, 0.05) is 56.5 Å². The number of hydrogen-bond acceptors (Lipinski definition) is 5. The molecule has 27 heavy (non-hydrogen) atoms. The third-order valence-electron chi connectivity index (χ3n) is 5.98. The molecule has 5 rings (SSSR count). The summed E-state index contributed by atoms with van der Waals surface area (Å²) in [7, 11) is 1.99. The fraction of sp³-hybridized carbons (Fsp3) is 0.550. The minimum atomic E-state index is 0.255. The Morgan fingerprint density at radius 1 is 1.22 bits per heavy atom. The first-order valence-corrected chi connectivity index (χ1v) is 9.99. The van der Waals surface area contributed by atoms with Gasteiger partial charge in [-0.15, -0.1) is 0 Å². The minimum Gasteiger partial charge on any atom is -0.396 e. The van der Waals surface area contributed by atoms with E-state index in [1.807, 2.05) is 28.4 Å². The van der Waals surface area contributed by atoms with Crippen molar-refractivity contribution < 1.29 is 5.11 Å². The highest BCUT2D eigenvalue weighted by Crippen LogP contribution is 2.33.